The lowest BCUT2D eigenvalue weighted by Crippen LogP contribution is -2.43. The van der Waals surface area contributed by atoms with E-state index in [-0.39, 0.29) is 11.1 Å². The Kier molecular flexibility index (Phi) is 10.1. The molecule has 4 atom stereocenters. The Bertz CT molecular complexity index is 562. The zero-order chi connectivity index (χ0) is 22.2. The molecule has 0 aromatic rings. The van der Waals surface area contributed by atoms with Gasteiger partial charge in [0.2, 0.25) is 0 Å². The molecule has 0 aliphatic carbocycles. The van der Waals surface area contributed by atoms with E-state index in [1.807, 2.05) is 26.9 Å². The molecule has 0 spiro atoms. The van der Waals surface area contributed by atoms with Crippen molar-refractivity contribution >= 4 is 17.1 Å². The lowest BCUT2D eigenvalue weighted by atomic mass is 9.98. The summed E-state index contributed by atoms with van der Waals surface area (Å²) >= 11 is 0. The molecule has 0 saturated heterocycles. The van der Waals surface area contributed by atoms with Crippen molar-refractivity contribution < 1.29 is 17.7 Å². The molecule has 0 heterocycles. The molecule has 0 amide bonds. The van der Waals surface area contributed by atoms with Gasteiger partial charge >= 0.3 is 17.1 Å². The summed E-state index contributed by atoms with van der Waals surface area (Å²) in [4.78, 5) is 0. The SMILES string of the molecule is CO[Si](C)(OC)C(C)CC(C)(C#N)N=NC(C)(C#N)CC(C)[Si](C)(OC)OC. The number of hydrogen-bond donors (Lipinski definition) is 0. The van der Waals surface area contributed by atoms with Gasteiger partial charge in [0.15, 0.2) is 11.1 Å². The van der Waals surface area contributed by atoms with Crippen molar-refractivity contribution in [3.63, 3.8) is 0 Å². The van der Waals surface area contributed by atoms with Crippen LogP contribution in [0.5, 0.6) is 0 Å². The third-order valence-corrected chi connectivity index (χ3v) is 13.0. The molecule has 0 aliphatic heterocycles. The van der Waals surface area contributed by atoms with Crippen LogP contribution in [0.2, 0.25) is 24.2 Å². The molecular weight excluding hydrogens is 392 g/mol. The molecular formula is C18H36N4O4Si2. The van der Waals surface area contributed by atoms with Crippen molar-refractivity contribution in [1.82, 2.24) is 0 Å². The Hall–Kier alpha value is -1.15. The molecule has 0 aliphatic rings. The third-order valence-electron chi connectivity index (χ3n) is 5.79. The van der Waals surface area contributed by atoms with Crippen LogP contribution in [-0.2, 0) is 17.7 Å². The Labute approximate surface area is 172 Å². The number of rotatable bonds is 12. The second-order valence-corrected chi connectivity index (χ2v) is 15.7. The predicted molar refractivity (Wildman–Crippen MR) is 112 cm³/mol. The number of hydrogen-bond acceptors (Lipinski definition) is 8. The fourth-order valence-corrected chi connectivity index (χ4v) is 6.45. The first kappa shape index (κ1) is 26.9. The molecule has 0 bridgehead atoms. The maximum Gasteiger partial charge on any atom is 0.337 e. The molecule has 28 heavy (non-hydrogen) atoms. The zero-order valence-electron chi connectivity index (χ0n) is 19.0. The van der Waals surface area contributed by atoms with Crippen molar-refractivity contribution in [3.05, 3.63) is 0 Å². The van der Waals surface area contributed by atoms with E-state index in [1.165, 1.54) is 0 Å². The summed E-state index contributed by atoms with van der Waals surface area (Å²) in [5.41, 5.74) is -2.13. The molecule has 10 heteroatoms. The quantitative estimate of drug-likeness (QED) is 0.339. The van der Waals surface area contributed by atoms with Gasteiger partial charge in [-0.3, -0.25) is 0 Å². The van der Waals surface area contributed by atoms with E-state index in [2.05, 4.69) is 22.4 Å². The van der Waals surface area contributed by atoms with Gasteiger partial charge in [-0.15, -0.1) is 0 Å². The predicted octanol–water partition coefficient (Wildman–Crippen LogP) is 4.29. The topological polar surface area (TPSA) is 109 Å². The molecule has 0 aromatic carbocycles. The summed E-state index contributed by atoms with van der Waals surface area (Å²) in [5.74, 6) is 0. The minimum absolute atomic E-state index is 0.0102. The van der Waals surface area contributed by atoms with Crippen LogP contribution in [-0.4, -0.2) is 56.6 Å². The standard InChI is InChI=1S/C18H36N4O4Si2/c1-15(27(9,23-5)24-6)11-17(3,13-19)21-22-18(4,14-20)12-16(2)28(10,25-7)26-8/h15-16H,11-12H2,1-10H3. The van der Waals surface area contributed by atoms with Crippen LogP contribution in [0.4, 0.5) is 0 Å². The van der Waals surface area contributed by atoms with Gasteiger partial charge in [0.05, 0.1) is 12.1 Å². The van der Waals surface area contributed by atoms with E-state index in [4.69, 9.17) is 17.7 Å². The van der Waals surface area contributed by atoms with Crippen molar-refractivity contribution in [2.45, 2.75) is 75.8 Å². The molecule has 4 unspecified atom stereocenters. The van der Waals surface area contributed by atoms with E-state index in [0.29, 0.717) is 12.8 Å². The average molecular weight is 429 g/mol. The van der Waals surface area contributed by atoms with E-state index < -0.39 is 28.2 Å². The fraction of sp³-hybridized carbons (Fsp3) is 0.889. The van der Waals surface area contributed by atoms with Crippen molar-refractivity contribution in [1.29, 1.82) is 10.5 Å². The first-order valence-electron chi connectivity index (χ1n) is 9.30. The number of nitrogens with zero attached hydrogens (tertiary/aromatic N) is 4. The van der Waals surface area contributed by atoms with Gasteiger partial charge in [0.1, 0.15) is 0 Å². The molecule has 0 saturated carbocycles. The summed E-state index contributed by atoms with van der Waals surface area (Å²) in [6, 6.07) is 4.47. The molecule has 0 N–H and O–H groups in total. The molecule has 8 nitrogen and oxygen atoms in total. The van der Waals surface area contributed by atoms with Crippen LogP contribution >= 0.6 is 0 Å². The first-order chi connectivity index (χ1) is 12.8. The maximum atomic E-state index is 9.72. The highest BCUT2D eigenvalue weighted by Gasteiger charge is 2.43. The Morgan fingerprint density at radius 3 is 1.18 bits per heavy atom. The average Bonchev–Trinajstić information content (AvgIpc) is 2.70. The highest BCUT2D eigenvalue weighted by Crippen LogP contribution is 2.36. The van der Waals surface area contributed by atoms with Crippen molar-refractivity contribution in [2.24, 2.45) is 10.2 Å². The zero-order valence-corrected chi connectivity index (χ0v) is 21.0. The second kappa shape index (κ2) is 10.6. The van der Waals surface area contributed by atoms with Crippen LogP contribution in [0.15, 0.2) is 10.2 Å². The molecule has 0 radical (unpaired) electrons. The van der Waals surface area contributed by atoms with Gasteiger partial charge in [-0.2, -0.15) is 20.8 Å². The second-order valence-electron chi connectivity index (χ2n) is 8.03. The highest BCUT2D eigenvalue weighted by atomic mass is 28.4. The number of azo groups is 1. The molecule has 0 rings (SSSR count). The summed E-state index contributed by atoms with van der Waals surface area (Å²) in [6.45, 7) is 11.3. The van der Waals surface area contributed by atoms with Gasteiger partial charge in [-0.25, -0.2) is 0 Å². The molecule has 0 aromatic heterocycles. The van der Waals surface area contributed by atoms with Crippen molar-refractivity contribution in [2.75, 3.05) is 28.4 Å². The monoisotopic (exact) mass is 428 g/mol. The minimum Gasteiger partial charge on any atom is -0.398 e. The lowest BCUT2D eigenvalue weighted by Gasteiger charge is -2.33. The first-order valence-corrected chi connectivity index (χ1v) is 14.1. The van der Waals surface area contributed by atoms with Gasteiger partial charge in [0, 0.05) is 39.5 Å². The maximum absolute atomic E-state index is 9.72. The van der Waals surface area contributed by atoms with E-state index in [0.717, 1.165) is 0 Å². The summed E-state index contributed by atoms with van der Waals surface area (Å²) in [6.07, 6.45) is 0.855. The van der Waals surface area contributed by atoms with Gasteiger partial charge < -0.3 is 17.7 Å². The highest BCUT2D eigenvalue weighted by molar-refractivity contribution is 6.67. The van der Waals surface area contributed by atoms with E-state index >= 15 is 0 Å². The Balaban J connectivity index is 5.54. The Morgan fingerprint density at radius 1 is 0.750 bits per heavy atom. The largest absolute Gasteiger partial charge is 0.398 e. The minimum atomic E-state index is -2.42. The smallest absolute Gasteiger partial charge is 0.337 e. The summed E-state index contributed by atoms with van der Waals surface area (Å²) in [7, 11) is 1.66. The van der Waals surface area contributed by atoms with Crippen LogP contribution in [0.3, 0.4) is 0 Å². The van der Waals surface area contributed by atoms with Crippen LogP contribution in [0.25, 0.3) is 0 Å². The van der Waals surface area contributed by atoms with Gasteiger partial charge in [-0.1, -0.05) is 13.8 Å². The van der Waals surface area contributed by atoms with E-state index in [9.17, 15) is 10.5 Å². The summed E-state index contributed by atoms with van der Waals surface area (Å²) in [5, 5.41) is 28.1. The van der Waals surface area contributed by atoms with Crippen molar-refractivity contribution in [3.8, 4) is 12.1 Å². The van der Waals surface area contributed by atoms with Gasteiger partial charge in [-0.05, 0) is 39.8 Å². The van der Waals surface area contributed by atoms with Crippen LogP contribution in [0.1, 0.15) is 40.5 Å². The number of nitriles is 2. The normalized spacial score (nSPS) is 19.3. The fourth-order valence-electron chi connectivity index (χ4n) is 2.97. The summed E-state index contributed by atoms with van der Waals surface area (Å²) < 4.78 is 22.3. The van der Waals surface area contributed by atoms with Gasteiger partial charge in [0.25, 0.3) is 0 Å². The van der Waals surface area contributed by atoms with Crippen LogP contribution in [0, 0.1) is 22.7 Å². The molecule has 160 valence electrons. The Morgan fingerprint density at radius 2 is 1.00 bits per heavy atom. The van der Waals surface area contributed by atoms with Crippen LogP contribution < -0.4 is 0 Å². The third kappa shape index (κ3) is 6.73. The lowest BCUT2D eigenvalue weighted by molar-refractivity contribution is 0.229. The van der Waals surface area contributed by atoms with E-state index in [1.54, 1.807) is 42.3 Å². The molecule has 0 fully saturated rings.